The fourth-order valence-corrected chi connectivity index (χ4v) is 0.845. The van der Waals surface area contributed by atoms with E-state index in [1.165, 1.54) is 0 Å². The van der Waals surface area contributed by atoms with Gasteiger partial charge < -0.3 is 10.5 Å². The summed E-state index contributed by atoms with van der Waals surface area (Å²) in [6.45, 7) is 0. The smallest absolute Gasteiger partial charge is 0.397 e. The number of pyridine rings is 1. The molecule has 9 heteroatoms. The highest BCUT2D eigenvalue weighted by Gasteiger charge is 2.35. The highest BCUT2D eigenvalue weighted by molar-refractivity contribution is 5.63. The molecule has 1 aromatic heterocycles. The highest BCUT2D eigenvalue weighted by Crippen LogP contribution is 2.34. The Bertz CT molecular complexity index is 393. The Hall–Kier alpha value is -2.06. The summed E-state index contributed by atoms with van der Waals surface area (Å²) in [5, 5.41) is 10.4. The molecule has 0 spiro atoms. The van der Waals surface area contributed by atoms with E-state index in [0.29, 0.717) is 6.20 Å². The summed E-state index contributed by atoms with van der Waals surface area (Å²) in [6, 6.07) is 0. The Morgan fingerprint density at radius 3 is 2.53 bits per heavy atom. The molecule has 0 saturated heterocycles. The van der Waals surface area contributed by atoms with Gasteiger partial charge in [0, 0.05) is 0 Å². The fourth-order valence-electron chi connectivity index (χ4n) is 0.845. The summed E-state index contributed by atoms with van der Waals surface area (Å²) >= 11 is 0. The van der Waals surface area contributed by atoms with Gasteiger partial charge in [-0.1, -0.05) is 0 Å². The number of nitrogens with zero attached hydrogens (tertiary/aromatic N) is 2. The average molecular weight is 223 g/mol. The molecule has 6 nitrogen and oxygen atoms in total. The van der Waals surface area contributed by atoms with Gasteiger partial charge in [0.1, 0.15) is 5.69 Å². The molecule has 0 aromatic carbocycles. The summed E-state index contributed by atoms with van der Waals surface area (Å²) in [6.07, 6.45) is -3.59. The van der Waals surface area contributed by atoms with E-state index in [9.17, 15) is 23.3 Å². The van der Waals surface area contributed by atoms with E-state index in [0.717, 1.165) is 6.20 Å². The third-order valence-corrected chi connectivity index (χ3v) is 1.32. The van der Waals surface area contributed by atoms with Crippen LogP contribution in [0.3, 0.4) is 0 Å². The fraction of sp³-hybridized carbons (Fsp3) is 0.167. The van der Waals surface area contributed by atoms with Crippen LogP contribution >= 0.6 is 0 Å². The van der Waals surface area contributed by atoms with Crippen molar-refractivity contribution in [3.8, 4) is 5.75 Å². The Labute approximate surface area is 80.6 Å². The predicted molar refractivity (Wildman–Crippen MR) is 42.0 cm³/mol. The van der Waals surface area contributed by atoms with Crippen molar-refractivity contribution in [2.24, 2.45) is 0 Å². The van der Waals surface area contributed by atoms with E-state index in [1.807, 2.05) is 0 Å². The highest BCUT2D eigenvalue weighted by atomic mass is 19.4. The molecule has 0 bridgehead atoms. The number of rotatable bonds is 2. The van der Waals surface area contributed by atoms with Crippen molar-refractivity contribution in [3.63, 3.8) is 0 Å². The van der Waals surface area contributed by atoms with Crippen LogP contribution < -0.4 is 10.5 Å². The minimum Gasteiger partial charge on any atom is -0.397 e. The number of nitrogens with two attached hydrogens (primary N) is 1. The third kappa shape index (κ3) is 2.69. The second kappa shape index (κ2) is 3.59. The third-order valence-electron chi connectivity index (χ3n) is 1.32. The first-order valence-corrected chi connectivity index (χ1v) is 3.45. The van der Waals surface area contributed by atoms with Crippen LogP contribution in [0.15, 0.2) is 12.4 Å². The number of ether oxygens (including phenoxy) is 1. The Balaban J connectivity index is 3.18. The van der Waals surface area contributed by atoms with E-state index in [4.69, 9.17) is 5.73 Å². The molecule has 0 saturated carbocycles. The lowest BCUT2D eigenvalue weighted by Gasteiger charge is -2.08. The average Bonchev–Trinajstić information content (AvgIpc) is 1.99. The van der Waals surface area contributed by atoms with E-state index < -0.39 is 28.4 Å². The van der Waals surface area contributed by atoms with Crippen LogP contribution in [0.5, 0.6) is 5.75 Å². The minimum absolute atomic E-state index is 0.498. The summed E-state index contributed by atoms with van der Waals surface area (Å²) in [5.41, 5.74) is 3.64. The van der Waals surface area contributed by atoms with Gasteiger partial charge >= 0.3 is 12.0 Å². The van der Waals surface area contributed by atoms with E-state index >= 15 is 0 Å². The van der Waals surface area contributed by atoms with Crippen LogP contribution in [0.1, 0.15) is 0 Å². The summed E-state index contributed by atoms with van der Waals surface area (Å²) in [5.74, 6) is -1.03. The zero-order valence-corrected chi connectivity index (χ0v) is 6.99. The van der Waals surface area contributed by atoms with E-state index in [1.54, 1.807) is 0 Å². The quantitative estimate of drug-likeness (QED) is 0.605. The lowest BCUT2D eigenvalue weighted by molar-refractivity contribution is -0.387. The Morgan fingerprint density at radius 1 is 1.47 bits per heavy atom. The Morgan fingerprint density at radius 2 is 2.07 bits per heavy atom. The number of hydrogen-bond donors (Lipinski definition) is 1. The molecular formula is C6H4F3N3O3. The van der Waals surface area contributed by atoms with Gasteiger partial charge in [0.05, 0.1) is 17.3 Å². The molecule has 0 aliphatic rings. The van der Waals surface area contributed by atoms with Gasteiger partial charge in [0.25, 0.3) is 0 Å². The molecule has 2 N–H and O–H groups in total. The number of hydrogen-bond acceptors (Lipinski definition) is 5. The molecular weight excluding hydrogens is 219 g/mol. The minimum atomic E-state index is -5.03. The summed E-state index contributed by atoms with van der Waals surface area (Å²) in [4.78, 5) is 12.6. The van der Waals surface area contributed by atoms with Gasteiger partial charge in [-0.05, 0) is 0 Å². The second-order valence-corrected chi connectivity index (χ2v) is 2.38. The number of anilines is 1. The zero-order chi connectivity index (χ0) is 11.6. The maximum absolute atomic E-state index is 11.8. The molecule has 0 aliphatic heterocycles. The number of nitrogen functional groups attached to an aromatic ring is 1. The topological polar surface area (TPSA) is 91.3 Å². The molecule has 0 radical (unpaired) electrons. The molecule has 82 valence electrons. The van der Waals surface area contributed by atoms with Crippen molar-refractivity contribution in [2.45, 2.75) is 6.36 Å². The zero-order valence-electron chi connectivity index (χ0n) is 6.99. The molecule has 0 unspecified atom stereocenters. The Kier molecular flexibility index (Phi) is 2.64. The van der Waals surface area contributed by atoms with Crippen molar-refractivity contribution >= 4 is 11.4 Å². The van der Waals surface area contributed by atoms with Crippen LogP contribution in [0.2, 0.25) is 0 Å². The van der Waals surface area contributed by atoms with Crippen LogP contribution in [0.4, 0.5) is 24.5 Å². The first kappa shape index (κ1) is 11.0. The number of alkyl halides is 3. The largest absolute Gasteiger partial charge is 0.573 e. The standard InChI is InChI=1S/C6H4F3N3O3/c7-6(8,9)15-4-2-11-1-3(10)5(4)12(13)14/h1-2H,10H2. The molecule has 0 fully saturated rings. The van der Waals surface area contributed by atoms with Gasteiger partial charge in [-0.15, -0.1) is 13.2 Å². The van der Waals surface area contributed by atoms with Gasteiger partial charge in [-0.25, -0.2) is 0 Å². The SMILES string of the molecule is Nc1cncc(OC(F)(F)F)c1[N+](=O)[O-]. The predicted octanol–water partition coefficient (Wildman–Crippen LogP) is 1.47. The van der Waals surface area contributed by atoms with Crippen molar-refractivity contribution in [2.75, 3.05) is 5.73 Å². The normalized spacial score (nSPS) is 11.1. The summed E-state index contributed by atoms with van der Waals surface area (Å²) < 4.78 is 38.8. The van der Waals surface area contributed by atoms with E-state index in [2.05, 4.69) is 9.72 Å². The molecule has 15 heavy (non-hydrogen) atoms. The van der Waals surface area contributed by atoms with Crippen LogP contribution in [0, 0.1) is 10.1 Å². The molecule has 1 aromatic rings. The molecule has 1 rings (SSSR count). The van der Waals surface area contributed by atoms with Crippen LogP contribution in [0.25, 0.3) is 0 Å². The van der Waals surface area contributed by atoms with Gasteiger partial charge in [0.15, 0.2) is 0 Å². The first-order chi connectivity index (χ1) is 6.81. The number of nitro groups is 1. The molecule has 1 heterocycles. The molecule has 0 aliphatic carbocycles. The van der Waals surface area contributed by atoms with Crippen LogP contribution in [-0.4, -0.2) is 16.3 Å². The van der Waals surface area contributed by atoms with Crippen LogP contribution in [-0.2, 0) is 0 Å². The number of halogens is 3. The number of aromatic nitrogens is 1. The van der Waals surface area contributed by atoms with Crippen molar-refractivity contribution in [1.29, 1.82) is 0 Å². The first-order valence-electron chi connectivity index (χ1n) is 3.45. The van der Waals surface area contributed by atoms with E-state index in [-0.39, 0.29) is 0 Å². The lowest BCUT2D eigenvalue weighted by Crippen LogP contribution is -2.18. The monoisotopic (exact) mass is 223 g/mol. The van der Waals surface area contributed by atoms with Crippen molar-refractivity contribution in [1.82, 2.24) is 4.98 Å². The summed E-state index contributed by atoms with van der Waals surface area (Å²) in [7, 11) is 0. The van der Waals surface area contributed by atoms with Crippen molar-refractivity contribution in [3.05, 3.63) is 22.5 Å². The lowest BCUT2D eigenvalue weighted by atomic mass is 10.3. The van der Waals surface area contributed by atoms with Gasteiger partial charge in [-0.2, -0.15) is 0 Å². The van der Waals surface area contributed by atoms with Gasteiger partial charge in [-0.3, -0.25) is 15.1 Å². The molecule has 0 amide bonds. The van der Waals surface area contributed by atoms with Crippen molar-refractivity contribution < 1.29 is 22.8 Å². The maximum atomic E-state index is 11.8. The molecule has 0 atom stereocenters. The second-order valence-electron chi connectivity index (χ2n) is 2.38. The maximum Gasteiger partial charge on any atom is 0.573 e. The van der Waals surface area contributed by atoms with Gasteiger partial charge in [0.2, 0.25) is 5.75 Å².